The van der Waals surface area contributed by atoms with Gasteiger partial charge in [-0.05, 0) is 23.3 Å². The van der Waals surface area contributed by atoms with E-state index in [1.54, 1.807) is 6.07 Å². The SMILES string of the molecule is CSc1cc(C(C)(C)C)cc(B(O)O)c1Cl. The predicted molar refractivity (Wildman–Crippen MR) is 71.8 cm³/mol. The van der Waals surface area contributed by atoms with Crippen molar-refractivity contribution in [1.29, 1.82) is 0 Å². The lowest BCUT2D eigenvalue weighted by Crippen LogP contribution is -2.32. The molecule has 88 valence electrons. The van der Waals surface area contributed by atoms with Gasteiger partial charge in [-0.2, -0.15) is 0 Å². The Balaban J connectivity index is 3.40. The highest BCUT2D eigenvalue weighted by atomic mass is 35.5. The fraction of sp³-hybridized carbons (Fsp3) is 0.455. The Kier molecular flexibility index (Phi) is 4.35. The molecular formula is C11H16BClO2S. The smallest absolute Gasteiger partial charge is 0.423 e. The molecule has 1 aromatic rings. The molecule has 0 saturated heterocycles. The fourth-order valence-corrected chi connectivity index (χ4v) is 2.37. The Labute approximate surface area is 106 Å². The first-order chi connectivity index (χ1) is 7.27. The summed E-state index contributed by atoms with van der Waals surface area (Å²) >= 11 is 7.59. The average molecular weight is 259 g/mol. The largest absolute Gasteiger partial charge is 0.490 e. The molecule has 0 unspecified atom stereocenters. The highest BCUT2D eigenvalue weighted by molar-refractivity contribution is 7.98. The summed E-state index contributed by atoms with van der Waals surface area (Å²) in [5.74, 6) is 0. The lowest BCUT2D eigenvalue weighted by molar-refractivity contribution is 0.425. The van der Waals surface area contributed by atoms with Crippen LogP contribution in [0.3, 0.4) is 0 Å². The molecule has 0 atom stereocenters. The summed E-state index contributed by atoms with van der Waals surface area (Å²) in [5.41, 5.74) is 1.38. The molecule has 0 fully saturated rings. The molecule has 0 aliphatic carbocycles. The van der Waals surface area contributed by atoms with Crippen molar-refractivity contribution in [2.75, 3.05) is 6.26 Å². The number of hydrogen-bond donors (Lipinski definition) is 2. The molecule has 0 aromatic heterocycles. The van der Waals surface area contributed by atoms with Gasteiger partial charge < -0.3 is 10.0 Å². The molecule has 16 heavy (non-hydrogen) atoms. The van der Waals surface area contributed by atoms with Crippen molar-refractivity contribution in [3.8, 4) is 0 Å². The molecule has 0 amide bonds. The third-order valence-electron chi connectivity index (χ3n) is 2.43. The molecule has 0 bridgehead atoms. The average Bonchev–Trinajstić information content (AvgIpc) is 2.15. The minimum absolute atomic E-state index is 0.0429. The Morgan fingerprint density at radius 3 is 2.19 bits per heavy atom. The summed E-state index contributed by atoms with van der Waals surface area (Å²) in [6.45, 7) is 6.23. The highest BCUT2D eigenvalue weighted by Gasteiger charge is 2.23. The van der Waals surface area contributed by atoms with Crippen molar-refractivity contribution in [3.63, 3.8) is 0 Å². The van der Waals surface area contributed by atoms with Gasteiger partial charge in [0.05, 0.1) is 5.02 Å². The van der Waals surface area contributed by atoms with Crippen LogP contribution in [0.4, 0.5) is 0 Å². The van der Waals surface area contributed by atoms with E-state index in [2.05, 4.69) is 20.8 Å². The quantitative estimate of drug-likeness (QED) is 0.630. The zero-order valence-electron chi connectivity index (χ0n) is 9.91. The number of rotatable bonds is 2. The zero-order valence-corrected chi connectivity index (χ0v) is 11.5. The van der Waals surface area contributed by atoms with Crippen LogP contribution in [0.5, 0.6) is 0 Å². The summed E-state index contributed by atoms with van der Waals surface area (Å²) in [6.07, 6.45) is 1.92. The first-order valence-electron chi connectivity index (χ1n) is 5.01. The van der Waals surface area contributed by atoms with Crippen LogP contribution < -0.4 is 5.46 Å². The minimum atomic E-state index is -1.53. The highest BCUT2D eigenvalue weighted by Crippen LogP contribution is 2.30. The molecule has 1 aromatic carbocycles. The lowest BCUT2D eigenvalue weighted by Gasteiger charge is -2.22. The second-order valence-electron chi connectivity index (χ2n) is 4.71. The molecule has 2 nitrogen and oxygen atoms in total. The predicted octanol–water partition coefficient (Wildman–Crippen LogP) is 2.04. The molecule has 0 heterocycles. The molecule has 0 saturated carbocycles. The van der Waals surface area contributed by atoms with E-state index in [9.17, 15) is 10.0 Å². The molecule has 0 radical (unpaired) electrons. The monoisotopic (exact) mass is 258 g/mol. The van der Waals surface area contributed by atoms with Gasteiger partial charge in [-0.3, -0.25) is 0 Å². The van der Waals surface area contributed by atoms with Crippen molar-refractivity contribution in [1.82, 2.24) is 0 Å². The topological polar surface area (TPSA) is 40.5 Å². The van der Waals surface area contributed by atoms with E-state index in [1.807, 2.05) is 12.3 Å². The third-order valence-corrected chi connectivity index (χ3v) is 3.73. The first kappa shape index (κ1) is 13.9. The minimum Gasteiger partial charge on any atom is -0.423 e. The van der Waals surface area contributed by atoms with Gasteiger partial charge >= 0.3 is 7.12 Å². The summed E-state index contributed by atoms with van der Waals surface area (Å²) in [4.78, 5) is 0.872. The van der Waals surface area contributed by atoms with E-state index >= 15 is 0 Å². The van der Waals surface area contributed by atoms with Crippen molar-refractivity contribution in [2.45, 2.75) is 31.1 Å². The normalized spacial score (nSPS) is 11.7. The van der Waals surface area contributed by atoms with Crippen molar-refractivity contribution in [2.24, 2.45) is 0 Å². The fourth-order valence-electron chi connectivity index (χ4n) is 1.39. The molecule has 5 heteroatoms. The molecule has 0 aliphatic rings. The van der Waals surface area contributed by atoms with Crippen LogP contribution in [0.25, 0.3) is 0 Å². The van der Waals surface area contributed by atoms with E-state index in [0.717, 1.165) is 10.5 Å². The van der Waals surface area contributed by atoms with Gasteiger partial charge in [0.25, 0.3) is 0 Å². The van der Waals surface area contributed by atoms with Gasteiger partial charge in [0.1, 0.15) is 0 Å². The number of halogens is 1. The van der Waals surface area contributed by atoms with Crippen molar-refractivity contribution >= 4 is 35.9 Å². The maximum absolute atomic E-state index is 9.28. The van der Waals surface area contributed by atoms with Gasteiger partial charge in [-0.25, -0.2) is 0 Å². The molecular weight excluding hydrogens is 242 g/mol. The number of benzene rings is 1. The zero-order chi connectivity index (χ0) is 12.5. The Morgan fingerprint density at radius 2 is 1.81 bits per heavy atom. The molecule has 2 N–H and O–H groups in total. The summed E-state index contributed by atoms with van der Waals surface area (Å²) in [5, 5.41) is 19.0. The van der Waals surface area contributed by atoms with E-state index in [1.165, 1.54) is 11.8 Å². The van der Waals surface area contributed by atoms with Crippen LogP contribution in [0.2, 0.25) is 5.02 Å². The Morgan fingerprint density at radius 1 is 1.25 bits per heavy atom. The van der Waals surface area contributed by atoms with Crippen LogP contribution in [0, 0.1) is 0 Å². The van der Waals surface area contributed by atoms with Crippen molar-refractivity contribution in [3.05, 3.63) is 22.7 Å². The maximum atomic E-state index is 9.28. The van der Waals surface area contributed by atoms with Crippen molar-refractivity contribution < 1.29 is 10.0 Å². The van der Waals surface area contributed by atoms with Crippen LogP contribution in [-0.4, -0.2) is 23.4 Å². The van der Waals surface area contributed by atoms with Crippen LogP contribution in [-0.2, 0) is 5.41 Å². The maximum Gasteiger partial charge on any atom is 0.490 e. The van der Waals surface area contributed by atoms with E-state index in [4.69, 9.17) is 11.6 Å². The number of hydrogen-bond acceptors (Lipinski definition) is 3. The second kappa shape index (κ2) is 5.00. The van der Waals surface area contributed by atoms with E-state index in [-0.39, 0.29) is 5.41 Å². The Bertz CT molecular complexity index is 388. The van der Waals surface area contributed by atoms with Crippen LogP contribution in [0.1, 0.15) is 26.3 Å². The van der Waals surface area contributed by atoms with E-state index in [0.29, 0.717) is 10.5 Å². The summed E-state index contributed by atoms with van der Waals surface area (Å²) in [7, 11) is -1.53. The summed E-state index contributed by atoms with van der Waals surface area (Å²) < 4.78 is 0. The van der Waals surface area contributed by atoms with Gasteiger partial charge in [-0.1, -0.05) is 38.4 Å². The third kappa shape index (κ3) is 2.95. The summed E-state index contributed by atoms with van der Waals surface area (Å²) in [6, 6.07) is 3.76. The van der Waals surface area contributed by atoms with Gasteiger partial charge in [-0.15, -0.1) is 11.8 Å². The molecule has 0 aliphatic heterocycles. The Hall–Kier alpha value is -0.155. The van der Waals surface area contributed by atoms with Gasteiger partial charge in [0.2, 0.25) is 0 Å². The lowest BCUT2D eigenvalue weighted by atomic mass is 9.76. The standard InChI is InChI=1S/C11H16BClO2S/c1-11(2,3)7-5-8(12(14)15)10(13)9(6-7)16-4/h5-6,14-15H,1-4H3. The van der Waals surface area contributed by atoms with Crippen LogP contribution in [0.15, 0.2) is 17.0 Å². The first-order valence-corrected chi connectivity index (χ1v) is 6.61. The van der Waals surface area contributed by atoms with Gasteiger partial charge in [0.15, 0.2) is 0 Å². The van der Waals surface area contributed by atoms with Crippen LogP contribution >= 0.6 is 23.4 Å². The number of thioether (sulfide) groups is 1. The molecule has 1 rings (SSSR count). The van der Waals surface area contributed by atoms with Gasteiger partial charge in [0, 0.05) is 10.4 Å². The second-order valence-corrected chi connectivity index (χ2v) is 5.93. The van der Waals surface area contributed by atoms with E-state index < -0.39 is 7.12 Å². The molecule has 0 spiro atoms.